The number of fused-ring (bicyclic) bond motifs is 2. The first-order valence-electron chi connectivity index (χ1n) is 41.3. The second kappa shape index (κ2) is 34.8. The first-order chi connectivity index (χ1) is 57.4. The minimum absolute atomic E-state index is 0.0146. The summed E-state index contributed by atoms with van der Waals surface area (Å²) in [6, 6.07) is 44.6. The van der Waals surface area contributed by atoms with Crippen molar-refractivity contribution >= 4 is 87.8 Å². The second-order valence-corrected chi connectivity index (χ2v) is 35.7. The lowest BCUT2D eigenvalue weighted by atomic mass is 9.88. The number of ether oxygens (including phenoxy) is 4. The summed E-state index contributed by atoms with van der Waals surface area (Å²) in [6.45, 7) is 5.69. The van der Waals surface area contributed by atoms with Gasteiger partial charge in [-0.25, -0.2) is 36.2 Å². The van der Waals surface area contributed by atoms with Gasteiger partial charge in [0.25, 0.3) is 43.2 Å². The van der Waals surface area contributed by atoms with Crippen LogP contribution in [0.3, 0.4) is 0 Å². The van der Waals surface area contributed by atoms with Crippen molar-refractivity contribution < 1.29 is 55.2 Å². The van der Waals surface area contributed by atoms with Crippen LogP contribution < -0.4 is 29.6 Å². The van der Waals surface area contributed by atoms with Gasteiger partial charge in [-0.3, -0.25) is 39.6 Å². The van der Waals surface area contributed by atoms with E-state index < -0.39 is 62.9 Å². The summed E-state index contributed by atoms with van der Waals surface area (Å²) in [5.74, 6) is 1.16. The van der Waals surface area contributed by atoms with Crippen molar-refractivity contribution in [3.05, 3.63) is 247 Å². The van der Waals surface area contributed by atoms with E-state index in [0.717, 1.165) is 122 Å². The van der Waals surface area contributed by atoms with E-state index in [-0.39, 0.29) is 45.8 Å². The molecule has 4 aliphatic carbocycles. The number of benzene rings is 6. The van der Waals surface area contributed by atoms with Crippen LogP contribution >= 0.6 is 0 Å². The zero-order valence-electron chi connectivity index (χ0n) is 65.5. The third-order valence-corrected chi connectivity index (χ3v) is 27.3. The number of nitro benzene ring substituents is 2. The average Bonchev–Trinajstić information content (AvgIpc) is 1.53. The molecule has 118 heavy (non-hydrogen) atoms. The van der Waals surface area contributed by atoms with Crippen molar-refractivity contribution in [1.82, 2.24) is 39.2 Å². The van der Waals surface area contributed by atoms with Crippen molar-refractivity contribution in [3.63, 3.8) is 0 Å². The van der Waals surface area contributed by atoms with Crippen molar-refractivity contribution in [2.45, 2.75) is 161 Å². The highest BCUT2D eigenvalue weighted by atomic mass is 32.2. The molecule has 6 aromatic carbocycles. The minimum Gasteiger partial charge on any atom is -0.455 e. The van der Waals surface area contributed by atoms with Gasteiger partial charge in [0.05, 0.1) is 43.2 Å². The third kappa shape index (κ3) is 18.0. The second-order valence-electron chi connectivity index (χ2n) is 32.3. The van der Waals surface area contributed by atoms with Gasteiger partial charge in [-0.15, -0.1) is 0 Å². The number of rotatable bonds is 26. The van der Waals surface area contributed by atoms with Gasteiger partial charge >= 0.3 is 0 Å². The molecule has 612 valence electrons. The van der Waals surface area contributed by atoms with E-state index >= 15 is 0 Å². The molecule has 8 heterocycles. The van der Waals surface area contributed by atoms with Gasteiger partial charge in [-0.05, 0) is 270 Å². The molecule has 2 amide bonds. The van der Waals surface area contributed by atoms with Crippen LogP contribution in [0.5, 0.6) is 23.0 Å². The topological polar surface area (TPSA) is 338 Å². The molecule has 8 aliphatic rings. The van der Waals surface area contributed by atoms with Gasteiger partial charge in [-0.1, -0.05) is 72.8 Å². The van der Waals surface area contributed by atoms with Crippen molar-refractivity contribution in [2.24, 2.45) is 11.8 Å². The number of allylic oxidation sites excluding steroid dienone is 2. The predicted octanol–water partition coefficient (Wildman–Crippen LogP) is 17.7. The van der Waals surface area contributed by atoms with Crippen LogP contribution in [0.25, 0.3) is 33.2 Å². The smallest absolute Gasteiger partial charge is 0.293 e. The highest BCUT2D eigenvalue weighted by molar-refractivity contribution is 7.90. The number of amides is 2. The lowest BCUT2D eigenvalue weighted by molar-refractivity contribution is -0.384. The molecular weight excluding hydrogens is 1540 g/mol. The maximum Gasteiger partial charge on any atom is 0.293 e. The number of aromatic nitrogens is 4. The number of pyridine rings is 2. The minimum atomic E-state index is -4.54. The Morgan fingerprint density at radius 2 is 0.907 bits per heavy atom. The van der Waals surface area contributed by atoms with E-state index in [4.69, 9.17) is 18.9 Å². The fourth-order valence-corrected chi connectivity index (χ4v) is 20.1. The normalized spacial score (nSPS) is 20.3. The van der Waals surface area contributed by atoms with E-state index in [2.05, 4.69) is 110 Å². The van der Waals surface area contributed by atoms with Crippen LogP contribution in [0.15, 0.2) is 192 Å². The number of anilines is 2. The summed E-state index contributed by atoms with van der Waals surface area (Å²) < 4.78 is 82.4. The van der Waals surface area contributed by atoms with Crippen LogP contribution in [-0.4, -0.2) is 133 Å². The molecule has 4 aliphatic heterocycles. The number of nitrogens with zero attached hydrogens (tertiary/aromatic N) is 6. The number of likely N-dealkylation sites (tertiary alicyclic amines) is 2. The Labute approximate surface area is 685 Å². The number of H-pyrrole nitrogens is 2. The Balaban J connectivity index is 0.000000169. The van der Waals surface area contributed by atoms with Gasteiger partial charge in [0.2, 0.25) is 0 Å². The molecule has 18 rings (SSSR count). The van der Waals surface area contributed by atoms with Crippen molar-refractivity contribution in [1.29, 1.82) is 0 Å². The molecule has 6 fully saturated rings. The summed E-state index contributed by atoms with van der Waals surface area (Å²) in [7, 11) is -9.07. The number of aromatic amines is 2. The van der Waals surface area contributed by atoms with E-state index in [0.29, 0.717) is 98.3 Å². The molecule has 0 spiro atoms. The number of hydrogen-bond donors (Lipinski definition) is 6. The zero-order valence-corrected chi connectivity index (χ0v) is 67.2. The van der Waals surface area contributed by atoms with E-state index in [9.17, 15) is 46.7 Å². The zero-order chi connectivity index (χ0) is 81.0. The molecular formula is C90H96N12O14S2. The maximum atomic E-state index is 13.9. The number of nitrogens with one attached hydrogen (secondary N) is 6. The van der Waals surface area contributed by atoms with Crippen molar-refractivity contribution in [2.75, 3.05) is 63.2 Å². The number of carbonyl (C=O) groups excluding carboxylic acids is 2. The highest BCUT2D eigenvalue weighted by Crippen LogP contribution is 2.50. The van der Waals surface area contributed by atoms with E-state index in [1.807, 2.05) is 24.3 Å². The first kappa shape index (κ1) is 79.3. The summed E-state index contributed by atoms with van der Waals surface area (Å²) in [4.78, 5) is 70.3. The third-order valence-electron chi connectivity index (χ3n) is 24.7. The van der Waals surface area contributed by atoms with Crippen LogP contribution in [0.2, 0.25) is 0 Å². The Morgan fingerprint density at radius 1 is 0.492 bits per heavy atom. The van der Waals surface area contributed by atoms with Gasteiger partial charge in [-0.2, -0.15) is 0 Å². The van der Waals surface area contributed by atoms with Gasteiger partial charge in [0.1, 0.15) is 45.7 Å². The first-order valence-corrected chi connectivity index (χ1v) is 44.3. The summed E-state index contributed by atoms with van der Waals surface area (Å²) >= 11 is 0. The van der Waals surface area contributed by atoms with Crippen LogP contribution in [0.1, 0.15) is 194 Å². The average molecular weight is 1630 g/mol. The summed E-state index contributed by atoms with van der Waals surface area (Å²) in [5, 5.41) is 32.0. The fraction of sp³-hybridized carbons (Fsp3) is 0.378. The molecule has 4 aromatic heterocycles. The SMILES string of the molecule is O=C(NS(=O)(=O)c1ccc(NCC2CCOCC2)c([N+](=O)[O-])c1)c1ccc(C2=CCC(N3CCC[C@H]3c3ccccc3C3CC3)CC2)cc1Oc1cnc2[nH]ccc2c1.O=C(NS(=O)(=O)c1ccc(NCC2CCOCC2)c([N+](=O)[O-])c1)c1ccc(C2=CCC(N3CCC[C@H]3c3ccccc3C3CC3)CC2)cc1Oc1cnc2[nH]ccc2c1. The largest absolute Gasteiger partial charge is 0.455 e. The Morgan fingerprint density at radius 3 is 1.30 bits per heavy atom. The molecule has 0 radical (unpaired) electrons. The number of carbonyl (C=O) groups is 2. The summed E-state index contributed by atoms with van der Waals surface area (Å²) in [6.07, 6.45) is 29.9. The van der Waals surface area contributed by atoms with Crippen LogP contribution in [0, 0.1) is 32.1 Å². The molecule has 6 N–H and O–H groups in total. The molecule has 28 heteroatoms. The van der Waals surface area contributed by atoms with Gasteiger partial charge in [0.15, 0.2) is 0 Å². The summed E-state index contributed by atoms with van der Waals surface area (Å²) in [5.41, 5.74) is 11.0. The molecule has 4 saturated heterocycles. The fourth-order valence-electron chi connectivity index (χ4n) is 18.1. The Kier molecular flexibility index (Phi) is 23.4. The molecule has 10 aromatic rings. The highest BCUT2D eigenvalue weighted by Gasteiger charge is 2.40. The number of sulfonamides is 2. The standard InChI is InChI=1S/2C45H48N6O7S/c2*52-45(49-59(55,56)36-14-16-40(42(26-36)51(53)54)47-27-29-18-22-57-23-19-29)39-15-11-32(25-43(39)58-35-24-33-17-20-46-44(33)48-28-35)30-9-12-34(13-10-30)50-21-3-6-41(50)38-5-2-1-4-37(38)31-7-8-31/h2*1-2,4-5,9,11,14-17,20,24-26,28-29,31,34,41,47H,3,6-8,10,12-13,18-19,21-23,27H2,(H,46,48)(H,49,52)/t2*34?,41-/m00/s1. The lowest BCUT2D eigenvalue weighted by Crippen LogP contribution is -2.36. The molecule has 26 nitrogen and oxygen atoms in total. The Hall–Kier alpha value is -11.1. The Bertz CT molecular complexity index is 5400. The van der Waals surface area contributed by atoms with E-state index in [1.165, 1.54) is 97.9 Å². The predicted molar refractivity (Wildman–Crippen MR) is 450 cm³/mol. The van der Waals surface area contributed by atoms with E-state index in [1.54, 1.807) is 61.2 Å². The van der Waals surface area contributed by atoms with Crippen LogP contribution in [0.4, 0.5) is 22.7 Å². The van der Waals surface area contributed by atoms with Crippen molar-refractivity contribution in [3.8, 4) is 23.0 Å². The number of hydrogen-bond acceptors (Lipinski definition) is 20. The monoisotopic (exact) mass is 1630 g/mol. The van der Waals surface area contributed by atoms with Gasteiger partial charge in [0, 0.05) is 99.0 Å². The molecule has 0 bridgehead atoms. The quantitative estimate of drug-likeness (QED) is 0.0217. The molecule has 2 unspecified atom stereocenters. The number of nitro groups is 2. The van der Waals surface area contributed by atoms with Gasteiger partial charge < -0.3 is 39.5 Å². The molecule has 4 atom stereocenters. The van der Waals surface area contributed by atoms with Crippen LogP contribution in [-0.2, 0) is 29.5 Å². The lowest BCUT2D eigenvalue weighted by Gasteiger charge is -2.36. The maximum absolute atomic E-state index is 13.9. The molecule has 2 saturated carbocycles.